The Morgan fingerprint density at radius 1 is 1.44 bits per heavy atom. The third-order valence-corrected chi connectivity index (χ3v) is 2.21. The molecule has 4 nitrogen and oxygen atoms in total. The van der Waals surface area contributed by atoms with Crippen molar-refractivity contribution in [2.75, 3.05) is 5.32 Å². The zero-order valence-electron chi connectivity index (χ0n) is 10.2. The first kappa shape index (κ1) is 14.4. The number of carbonyl (C=O) groups excluding carboxylic acids is 2. The van der Waals surface area contributed by atoms with Crippen molar-refractivity contribution in [1.29, 1.82) is 0 Å². The Labute approximate surface area is 109 Å². The smallest absolute Gasteiger partial charge is 0.412 e. The lowest BCUT2D eigenvalue weighted by atomic mass is 10.2. The Bertz CT molecular complexity index is 483. The van der Waals surface area contributed by atoms with E-state index in [0.29, 0.717) is 0 Å². The Hall–Kier alpha value is -1.62. The van der Waals surface area contributed by atoms with Crippen LogP contribution in [-0.4, -0.2) is 18.0 Å². The molecule has 0 spiro atoms. The highest BCUT2D eigenvalue weighted by atomic mass is 35.5. The normalized spacial score (nSPS) is 10.9. The van der Waals surface area contributed by atoms with E-state index in [2.05, 4.69) is 5.32 Å². The molecule has 0 aliphatic carbocycles. The Morgan fingerprint density at radius 3 is 2.56 bits per heavy atom. The SMILES string of the molecule is CC(C)(C)OC(=O)Nc1ccc(Cl)c(C=O)c1F. The molecular weight excluding hydrogens is 261 g/mol. The average molecular weight is 274 g/mol. The van der Waals surface area contributed by atoms with Crippen molar-refractivity contribution in [2.24, 2.45) is 0 Å². The minimum Gasteiger partial charge on any atom is -0.444 e. The predicted octanol–water partition coefficient (Wildman–Crippen LogP) is 3.64. The van der Waals surface area contributed by atoms with E-state index in [0.717, 1.165) is 0 Å². The second-order valence-corrected chi connectivity index (χ2v) is 4.97. The van der Waals surface area contributed by atoms with Gasteiger partial charge in [0.15, 0.2) is 12.1 Å². The van der Waals surface area contributed by atoms with Gasteiger partial charge in [-0.25, -0.2) is 9.18 Å². The van der Waals surface area contributed by atoms with E-state index in [1.165, 1.54) is 12.1 Å². The summed E-state index contributed by atoms with van der Waals surface area (Å²) in [7, 11) is 0. The molecule has 0 bridgehead atoms. The van der Waals surface area contributed by atoms with Gasteiger partial charge in [-0.3, -0.25) is 10.1 Å². The predicted molar refractivity (Wildman–Crippen MR) is 66.7 cm³/mol. The molecule has 6 heteroatoms. The Balaban J connectivity index is 2.93. The molecule has 1 aromatic carbocycles. The number of amides is 1. The minimum atomic E-state index is -0.886. The molecule has 98 valence electrons. The summed E-state index contributed by atoms with van der Waals surface area (Å²) in [4.78, 5) is 22.1. The fraction of sp³-hybridized carbons (Fsp3) is 0.333. The van der Waals surface area contributed by atoms with Gasteiger partial charge < -0.3 is 4.74 Å². The highest BCUT2D eigenvalue weighted by molar-refractivity contribution is 6.33. The molecule has 0 aromatic heterocycles. The topological polar surface area (TPSA) is 55.4 Å². The number of hydrogen-bond acceptors (Lipinski definition) is 3. The standard InChI is InChI=1S/C12H13ClFNO3/c1-12(2,3)18-11(17)15-9-5-4-8(13)7(6-16)10(9)14/h4-6H,1-3H3,(H,15,17). The van der Waals surface area contributed by atoms with Crippen LogP contribution in [-0.2, 0) is 4.74 Å². The van der Waals surface area contributed by atoms with Gasteiger partial charge in [-0.15, -0.1) is 0 Å². The van der Waals surface area contributed by atoms with Crippen molar-refractivity contribution in [3.63, 3.8) is 0 Å². The number of nitrogens with one attached hydrogen (secondary N) is 1. The Morgan fingerprint density at radius 2 is 2.06 bits per heavy atom. The van der Waals surface area contributed by atoms with Crippen LogP contribution in [0.25, 0.3) is 0 Å². The van der Waals surface area contributed by atoms with Crippen molar-refractivity contribution in [2.45, 2.75) is 26.4 Å². The second-order valence-electron chi connectivity index (χ2n) is 4.57. The maximum Gasteiger partial charge on any atom is 0.412 e. The van der Waals surface area contributed by atoms with Crippen LogP contribution in [0, 0.1) is 5.82 Å². The van der Waals surface area contributed by atoms with E-state index in [9.17, 15) is 14.0 Å². The molecule has 18 heavy (non-hydrogen) atoms. The maximum atomic E-state index is 13.7. The number of rotatable bonds is 2. The molecule has 0 aliphatic heterocycles. The number of aldehydes is 1. The number of ether oxygens (including phenoxy) is 1. The highest BCUT2D eigenvalue weighted by Crippen LogP contribution is 2.24. The molecular formula is C12H13ClFNO3. The summed E-state index contributed by atoms with van der Waals surface area (Å²) >= 11 is 5.63. The summed E-state index contributed by atoms with van der Waals surface area (Å²) in [6.45, 7) is 5.05. The summed E-state index contributed by atoms with van der Waals surface area (Å²) in [5.74, 6) is -0.886. The van der Waals surface area contributed by atoms with Gasteiger partial charge in [0.05, 0.1) is 16.3 Å². The number of anilines is 1. The first-order valence-electron chi connectivity index (χ1n) is 5.18. The fourth-order valence-electron chi connectivity index (χ4n) is 1.19. The summed E-state index contributed by atoms with van der Waals surface area (Å²) in [6, 6.07) is 2.58. The molecule has 1 amide bonds. The van der Waals surface area contributed by atoms with Gasteiger partial charge in [0.25, 0.3) is 0 Å². The molecule has 0 atom stereocenters. The molecule has 0 unspecified atom stereocenters. The molecule has 1 aromatic rings. The molecule has 1 N–H and O–H groups in total. The molecule has 0 radical (unpaired) electrons. The zero-order chi connectivity index (χ0) is 13.9. The van der Waals surface area contributed by atoms with Gasteiger partial charge in [-0.2, -0.15) is 0 Å². The first-order valence-corrected chi connectivity index (χ1v) is 5.55. The molecule has 1 rings (SSSR count). The first-order chi connectivity index (χ1) is 8.24. The Kier molecular flexibility index (Phi) is 4.29. The van der Waals surface area contributed by atoms with Crippen LogP contribution in [0.1, 0.15) is 31.1 Å². The van der Waals surface area contributed by atoms with Crippen molar-refractivity contribution < 1.29 is 18.7 Å². The van der Waals surface area contributed by atoms with Crippen molar-refractivity contribution in [3.05, 3.63) is 28.5 Å². The van der Waals surface area contributed by atoms with Crippen LogP contribution < -0.4 is 5.32 Å². The van der Waals surface area contributed by atoms with E-state index in [1.54, 1.807) is 20.8 Å². The number of benzene rings is 1. The highest BCUT2D eigenvalue weighted by Gasteiger charge is 2.19. The van der Waals surface area contributed by atoms with E-state index in [-0.39, 0.29) is 22.6 Å². The molecule has 0 saturated heterocycles. The van der Waals surface area contributed by atoms with E-state index >= 15 is 0 Å². The third-order valence-electron chi connectivity index (χ3n) is 1.88. The van der Waals surface area contributed by atoms with Crippen LogP contribution in [0.5, 0.6) is 0 Å². The lowest BCUT2D eigenvalue weighted by molar-refractivity contribution is 0.0635. The molecule has 0 saturated carbocycles. The second kappa shape index (κ2) is 5.35. The maximum absolute atomic E-state index is 13.7. The van der Waals surface area contributed by atoms with Crippen LogP contribution in [0.4, 0.5) is 14.9 Å². The summed E-state index contributed by atoms with van der Waals surface area (Å²) in [6.07, 6.45) is -0.515. The van der Waals surface area contributed by atoms with Gasteiger partial charge in [-0.1, -0.05) is 11.6 Å². The van der Waals surface area contributed by atoms with E-state index in [1.807, 2.05) is 0 Å². The number of carbonyl (C=O) groups is 2. The zero-order valence-corrected chi connectivity index (χ0v) is 11.0. The average Bonchev–Trinajstić information content (AvgIpc) is 2.20. The lowest BCUT2D eigenvalue weighted by Gasteiger charge is -2.20. The molecule has 0 heterocycles. The van der Waals surface area contributed by atoms with Gasteiger partial charge >= 0.3 is 6.09 Å². The van der Waals surface area contributed by atoms with Gasteiger partial charge in [0, 0.05) is 0 Å². The summed E-state index contributed by atoms with van der Waals surface area (Å²) in [5.41, 5.74) is -1.15. The van der Waals surface area contributed by atoms with E-state index < -0.39 is 17.5 Å². The lowest BCUT2D eigenvalue weighted by Crippen LogP contribution is -2.27. The number of halogens is 2. The van der Waals surface area contributed by atoms with Gasteiger partial charge in [-0.05, 0) is 32.9 Å². The minimum absolute atomic E-state index is 0.0164. The van der Waals surface area contributed by atoms with Crippen molar-refractivity contribution in [3.8, 4) is 0 Å². The van der Waals surface area contributed by atoms with Crippen LogP contribution >= 0.6 is 11.6 Å². The van der Waals surface area contributed by atoms with Gasteiger partial charge in [0.2, 0.25) is 0 Å². The molecule has 0 aliphatic rings. The van der Waals surface area contributed by atoms with Crippen LogP contribution in [0.15, 0.2) is 12.1 Å². The van der Waals surface area contributed by atoms with E-state index in [4.69, 9.17) is 16.3 Å². The van der Waals surface area contributed by atoms with Gasteiger partial charge in [0.1, 0.15) is 5.60 Å². The largest absolute Gasteiger partial charge is 0.444 e. The summed E-state index contributed by atoms with van der Waals surface area (Å²) in [5, 5.41) is 2.20. The van der Waals surface area contributed by atoms with Crippen molar-refractivity contribution in [1.82, 2.24) is 0 Å². The third kappa shape index (κ3) is 3.70. The summed E-state index contributed by atoms with van der Waals surface area (Å²) < 4.78 is 18.7. The monoisotopic (exact) mass is 273 g/mol. The fourth-order valence-corrected chi connectivity index (χ4v) is 1.38. The molecule has 0 fully saturated rings. The van der Waals surface area contributed by atoms with Crippen LogP contribution in [0.3, 0.4) is 0 Å². The number of hydrogen-bond donors (Lipinski definition) is 1. The quantitative estimate of drug-likeness (QED) is 0.837. The van der Waals surface area contributed by atoms with Crippen LogP contribution in [0.2, 0.25) is 5.02 Å². The van der Waals surface area contributed by atoms with Crippen molar-refractivity contribution >= 4 is 29.7 Å².